The molecule has 4 heteroatoms. The van der Waals surface area contributed by atoms with Gasteiger partial charge in [-0.1, -0.05) is 112 Å². The molecule has 0 spiro atoms. The van der Waals surface area contributed by atoms with Gasteiger partial charge in [0.1, 0.15) is 0 Å². The van der Waals surface area contributed by atoms with Gasteiger partial charge >= 0.3 is 37.9 Å². The van der Waals surface area contributed by atoms with E-state index in [1.54, 1.807) is 0 Å². The molecule has 0 aliphatic rings. The third-order valence-electron chi connectivity index (χ3n) is 7.72. The van der Waals surface area contributed by atoms with Crippen LogP contribution >= 0.6 is 17.0 Å². The Balaban J connectivity index is 0.000000207. The molecule has 6 rings (SSSR count). The van der Waals surface area contributed by atoms with Crippen LogP contribution in [0.1, 0.15) is 53.1 Å². The molecule has 0 saturated heterocycles. The van der Waals surface area contributed by atoms with Crippen LogP contribution in [0.15, 0.2) is 97.1 Å². The normalized spacial score (nSPS) is 10.4. The molecule has 0 amide bonds. The molecule has 0 atom stereocenters. The molecule has 44 heavy (non-hydrogen) atoms. The van der Waals surface area contributed by atoms with Gasteiger partial charge in [-0.25, -0.2) is 0 Å². The van der Waals surface area contributed by atoms with Crippen molar-refractivity contribution >= 4 is 48.1 Å². The molecule has 0 bridgehead atoms. The zero-order valence-corrected chi connectivity index (χ0v) is 32.5. The predicted octanol–water partition coefficient (Wildman–Crippen LogP) is 13.3. The molecule has 0 fully saturated rings. The number of aryl methyl sites for hydroxylation is 5. The van der Waals surface area contributed by atoms with Gasteiger partial charge in [-0.15, -0.1) is 68.6 Å². The molecule has 0 aliphatic carbocycles. The second kappa shape index (κ2) is 17.5. The van der Waals surface area contributed by atoms with Gasteiger partial charge < -0.3 is 0 Å². The van der Waals surface area contributed by atoms with Gasteiger partial charge in [0.2, 0.25) is 0 Å². The third-order valence-corrected chi connectivity index (χ3v) is 7.72. The standard InChI is InChI=1S/C21H23.C17H15.C2H6Si.2ClH.Zr/c1-13(2)18-11-17-7-6-8-19(20(17)12-18)21-15(4)9-14(3)10-16(21)5;1-12-10-16-13(2)8-9-15(17(16)11-12)14-6-4-3-5-7-14;1-3-2;;;/h6-13H,1-5H3;3-11H,1-2H3;1-2H3;2*1H;/q2*-1;;;;+4/p-2. The Kier molecular flexibility index (Phi) is 14.4. The van der Waals surface area contributed by atoms with Crippen LogP contribution in [0.25, 0.3) is 43.8 Å². The molecule has 226 valence electrons. The van der Waals surface area contributed by atoms with E-state index in [1.165, 1.54) is 77.2 Å². The molecule has 6 aromatic rings. The fourth-order valence-electron chi connectivity index (χ4n) is 5.87. The molecule has 0 aliphatic heterocycles. The number of fused-ring (bicyclic) bond motifs is 2. The van der Waals surface area contributed by atoms with Gasteiger partial charge in [-0.2, -0.15) is 12.1 Å². The van der Waals surface area contributed by atoms with Crippen molar-refractivity contribution in [1.29, 1.82) is 0 Å². The molecule has 2 radical (unpaired) electrons. The fraction of sp³-hybridized carbons (Fsp3) is 0.250. The van der Waals surface area contributed by atoms with Crippen molar-refractivity contribution in [2.75, 3.05) is 0 Å². The van der Waals surface area contributed by atoms with Crippen molar-refractivity contribution in [2.45, 2.75) is 67.5 Å². The second-order valence-electron chi connectivity index (χ2n) is 11.8. The Bertz CT molecular complexity index is 1750. The van der Waals surface area contributed by atoms with Crippen LogP contribution in [-0.4, -0.2) is 9.52 Å². The first-order valence-corrected chi connectivity index (χ1v) is 23.4. The van der Waals surface area contributed by atoms with Crippen LogP contribution in [0, 0.1) is 34.6 Å². The van der Waals surface area contributed by atoms with E-state index in [1.807, 2.05) is 0 Å². The van der Waals surface area contributed by atoms with Gasteiger partial charge in [0.05, 0.1) is 0 Å². The van der Waals surface area contributed by atoms with Gasteiger partial charge in [-0.3, -0.25) is 0 Å². The van der Waals surface area contributed by atoms with E-state index in [4.69, 9.17) is 17.0 Å². The average molecular weight is 715 g/mol. The third kappa shape index (κ3) is 9.17. The zero-order valence-electron chi connectivity index (χ0n) is 27.6. The summed E-state index contributed by atoms with van der Waals surface area (Å²) >= 11 is -0.826. The maximum atomic E-state index is 4.93. The van der Waals surface area contributed by atoms with E-state index in [0.717, 1.165) is 9.52 Å². The first-order valence-electron chi connectivity index (χ1n) is 15.1. The minimum absolute atomic E-state index is 0.575. The maximum absolute atomic E-state index is 4.93. The quantitative estimate of drug-likeness (QED) is 0.126. The first kappa shape index (κ1) is 36.3. The molecule has 0 nitrogen and oxygen atoms in total. The van der Waals surface area contributed by atoms with Crippen molar-refractivity contribution < 1.29 is 20.8 Å². The van der Waals surface area contributed by atoms with Crippen molar-refractivity contribution in [1.82, 2.24) is 0 Å². The number of rotatable bonds is 3. The summed E-state index contributed by atoms with van der Waals surface area (Å²) in [5, 5.41) is 5.49. The van der Waals surface area contributed by atoms with Gasteiger partial charge in [-0.05, 0) is 48.9 Å². The van der Waals surface area contributed by atoms with Crippen molar-refractivity contribution in [2.24, 2.45) is 0 Å². The Morgan fingerprint density at radius 2 is 1.27 bits per heavy atom. The topological polar surface area (TPSA) is 0 Å². The summed E-state index contributed by atoms with van der Waals surface area (Å²) in [5.41, 5.74) is 13.6. The monoisotopic (exact) mass is 712 g/mol. The van der Waals surface area contributed by atoms with Gasteiger partial charge in [0.15, 0.2) is 0 Å². The van der Waals surface area contributed by atoms with E-state index in [2.05, 4.69) is 159 Å². The van der Waals surface area contributed by atoms with E-state index < -0.39 is 20.8 Å². The SMILES string of the molecule is C[Si]C.Cc1cc(C)c(-c2cccc3[cH-]c(C(C)C)cc23)c(C)c1.Cc1cc2c(-c3ccccc3)ccc(C)c2[cH-]1.[Cl][Zr+2][Cl]. The molecule has 0 unspecified atom stereocenters. The van der Waals surface area contributed by atoms with Crippen molar-refractivity contribution in [3.63, 3.8) is 0 Å². The second-order valence-corrected chi connectivity index (χ2v) is 16.5. The molecule has 6 aromatic carbocycles. The molecule has 0 N–H and O–H groups in total. The first-order chi connectivity index (χ1) is 21.1. The van der Waals surface area contributed by atoms with Crippen molar-refractivity contribution in [3.05, 3.63) is 130 Å². The van der Waals surface area contributed by atoms with Crippen LogP contribution in [0.2, 0.25) is 13.1 Å². The number of hydrogen-bond acceptors (Lipinski definition) is 0. The molecule has 0 heterocycles. The molecular weight excluding hydrogens is 671 g/mol. The van der Waals surface area contributed by atoms with E-state index >= 15 is 0 Å². The van der Waals surface area contributed by atoms with Crippen LogP contribution < -0.4 is 0 Å². The number of hydrogen-bond donors (Lipinski definition) is 0. The van der Waals surface area contributed by atoms with Crippen LogP contribution in [-0.2, 0) is 20.8 Å². The van der Waals surface area contributed by atoms with E-state index in [0.29, 0.717) is 5.92 Å². The van der Waals surface area contributed by atoms with E-state index in [9.17, 15) is 0 Å². The summed E-state index contributed by atoms with van der Waals surface area (Å²) in [6.45, 7) is 19.8. The Hall–Kier alpha value is -2.22. The Morgan fingerprint density at radius 1 is 0.659 bits per heavy atom. The minimum atomic E-state index is -0.826. The molecule has 0 aromatic heterocycles. The van der Waals surface area contributed by atoms with Crippen LogP contribution in [0.5, 0.6) is 0 Å². The van der Waals surface area contributed by atoms with Crippen molar-refractivity contribution in [3.8, 4) is 22.3 Å². The Labute approximate surface area is 287 Å². The predicted molar refractivity (Wildman–Crippen MR) is 197 cm³/mol. The number of benzene rings is 4. The number of halogens is 2. The average Bonchev–Trinajstić information content (AvgIpc) is 3.59. The Morgan fingerprint density at radius 3 is 1.86 bits per heavy atom. The summed E-state index contributed by atoms with van der Waals surface area (Å²) in [4.78, 5) is 0. The summed E-state index contributed by atoms with van der Waals surface area (Å²) < 4.78 is 0. The summed E-state index contributed by atoms with van der Waals surface area (Å²) in [5.74, 6) is 0.575. The zero-order chi connectivity index (χ0) is 32.4. The summed E-state index contributed by atoms with van der Waals surface area (Å²) in [7, 11) is 11.0. The summed E-state index contributed by atoms with van der Waals surface area (Å²) in [6, 6.07) is 35.5. The van der Waals surface area contributed by atoms with Gasteiger partial charge in [0, 0.05) is 9.52 Å². The van der Waals surface area contributed by atoms with Crippen LogP contribution in [0.4, 0.5) is 0 Å². The molecular formula is C40H44Cl2SiZr. The summed E-state index contributed by atoms with van der Waals surface area (Å²) in [6.07, 6.45) is 0. The molecule has 0 saturated carbocycles. The van der Waals surface area contributed by atoms with Crippen LogP contribution in [0.3, 0.4) is 0 Å². The van der Waals surface area contributed by atoms with Gasteiger partial charge in [0.25, 0.3) is 0 Å². The van der Waals surface area contributed by atoms with E-state index in [-0.39, 0.29) is 0 Å². The fourth-order valence-corrected chi connectivity index (χ4v) is 5.87.